The van der Waals surface area contributed by atoms with Crippen molar-refractivity contribution in [3.05, 3.63) is 16.1 Å². The molecule has 1 aromatic rings. The van der Waals surface area contributed by atoms with Crippen molar-refractivity contribution >= 4 is 21.9 Å². The summed E-state index contributed by atoms with van der Waals surface area (Å²) in [4.78, 5) is 16.4. The van der Waals surface area contributed by atoms with Crippen LogP contribution in [-0.4, -0.2) is 22.6 Å². The van der Waals surface area contributed by atoms with Crippen molar-refractivity contribution < 1.29 is 9.53 Å². The molecule has 0 aromatic carbocycles. The molecule has 1 atom stereocenters. The molecular formula is C12H15BrN2O2. The quantitative estimate of drug-likeness (QED) is 0.788. The molecule has 1 saturated carbocycles. The summed E-state index contributed by atoms with van der Waals surface area (Å²) in [6, 6.07) is -0.168. The molecule has 0 spiro atoms. The van der Waals surface area contributed by atoms with Crippen LogP contribution in [0.15, 0.2) is 4.60 Å². The monoisotopic (exact) mass is 298 g/mol. The van der Waals surface area contributed by atoms with E-state index in [0.717, 1.165) is 35.4 Å². The lowest BCUT2D eigenvalue weighted by Crippen LogP contribution is -2.27. The van der Waals surface area contributed by atoms with Gasteiger partial charge in [0.2, 0.25) is 0 Å². The van der Waals surface area contributed by atoms with E-state index in [1.807, 2.05) is 0 Å². The first-order valence-corrected chi connectivity index (χ1v) is 6.86. The summed E-state index contributed by atoms with van der Waals surface area (Å²) in [5, 5.41) is 0. The minimum Gasteiger partial charge on any atom is -0.467 e. The number of hydrogen-bond acceptors (Lipinski definition) is 3. The van der Waals surface area contributed by atoms with E-state index in [0.29, 0.717) is 5.92 Å². The van der Waals surface area contributed by atoms with Gasteiger partial charge in [0.15, 0.2) is 0 Å². The first kappa shape index (κ1) is 11.3. The lowest BCUT2D eigenvalue weighted by Gasteiger charge is -2.25. The number of aromatic nitrogens is 2. The minimum atomic E-state index is -0.168. The summed E-state index contributed by atoms with van der Waals surface area (Å²) in [5.41, 5.74) is 1.16. The third kappa shape index (κ3) is 1.80. The fraction of sp³-hybridized carbons (Fsp3) is 0.667. The summed E-state index contributed by atoms with van der Waals surface area (Å²) >= 11 is 3.51. The molecule has 0 bridgehead atoms. The zero-order valence-electron chi connectivity index (χ0n) is 9.78. The molecule has 0 radical (unpaired) electrons. The van der Waals surface area contributed by atoms with Crippen LogP contribution in [0.5, 0.6) is 0 Å². The molecule has 2 heterocycles. The Balaban J connectivity index is 2.07. The molecule has 2 aliphatic rings. The number of ether oxygens (including phenoxy) is 1. The summed E-state index contributed by atoms with van der Waals surface area (Å²) < 4.78 is 7.94. The standard InChI is InChI=1S/C12H15BrN2O2/c1-17-12(16)9-4-2-3-8-10(13)14-11(15(8)9)7-5-6-7/h7,9H,2-6H2,1H3. The van der Waals surface area contributed by atoms with E-state index in [2.05, 4.69) is 25.5 Å². The maximum absolute atomic E-state index is 11.8. The van der Waals surface area contributed by atoms with Gasteiger partial charge < -0.3 is 9.30 Å². The van der Waals surface area contributed by atoms with Gasteiger partial charge in [-0.05, 0) is 48.0 Å². The summed E-state index contributed by atoms with van der Waals surface area (Å²) in [5.74, 6) is 1.48. The maximum Gasteiger partial charge on any atom is 0.328 e. The van der Waals surface area contributed by atoms with Crippen LogP contribution < -0.4 is 0 Å². The third-order valence-corrected chi connectivity index (χ3v) is 4.24. The van der Waals surface area contributed by atoms with Crippen molar-refractivity contribution in [3.8, 4) is 0 Å². The zero-order valence-corrected chi connectivity index (χ0v) is 11.4. The van der Waals surface area contributed by atoms with Crippen LogP contribution in [0, 0.1) is 0 Å². The molecule has 5 heteroatoms. The summed E-state index contributed by atoms with van der Waals surface area (Å²) in [6.45, 7) is 0. The first-order valence-electron chi connectivity index (χ1n) is 6.06. The Hall–Kier alpha value is -0.840. The highest BCUT2D eigenvalue weighted by Crippen LogP contribution is 2.44. The van der Waals surface area contributed by atoms with Crippen LogP contribution >= 0.6 is 15.9 Å². The first-order chi connectivity index (χ1) is 8.22. The minimum absolute atomic E-state index is 0.141. The Kier molecular flexibility index (Phi) is 2.73. The van der Waals surface area contributed by atoms with Gasteiger partial charge >= 0.3 is 5.97 Å². The second-order valence-corrected chi connectivity index (χ2v) is 5.53. The van der Waals surface area contributed by atoms with Crippen molar-refractivity contribution in [1.29, 1.82) is 0 Å². The van der Waals surface area contributed by atoms with Crippen molar-refractivity contribution in [2.75, 3.05) is 7.11 Å². The van der Waals surface area contributed by atoms with Crippen molar-refractivity contribution in [1.82, 2.24) is 9.55 Å². The second-order valence-electron chi connectivity index (χ2n) is 4.78. The van der Waals surface area contributed by atoms with Gasteiger partial charge in [0, 0.05) is 5.92 Å². The average molecular weight is 299 g/mol. The molecule has 4 nitrogen and oxygen atoms in total. The second kappa shape index (κ2) is 4.12. The summed E-state index contributed by atoms with van der Waals surface area (Å²) in [6.07, 6.45) is 5.26. The number of methoxy groups -OCH3 is 1. The highest BCUT2D eigenvalue weighted by Gasteiger charge is 2.37. The molecule has 3 rings (SSSR count). The Bertz CT molecular complexity index is 465. The van der Waals surface area contributed by atoms with Gasteiger partial charge in [0.05, 0.1) is 12.8 Å². The molecular weight excluding hydrogens is 284 g/mol. The third-order valence-electron chi connectivity index (χ3n) is 3.61. The van der Waals surface area contributed by atoms with Crippen LogP contribution in [0.25, 0.3) is 0 Å². The van der Waals surface area contributed by atoms with Crippen LogP contribution in [0.3, 0.4) is 0 Å². The Morgan fingerprint density at radius 1 is 1.47 bits per heavy atom. The molecule has 1 aromatic heterocycles. The van der Waals surface area contributed by atoms with Crippen molar-refractivity contribution in [2.45, 2.75) is 44.1 Å². The lowest BCUT2D eigenvalue weighted by molar-refractivity contribution is -0.145. The summed E-state index contributed by atoms with van der Waals surface area (Å²) in [7, 11) is 1.46. The van der Waals surface area contributed by atoms with E-state index in [9.17, 15) is 4.79 Å². The van der Waals surface area contributed by atoms with Gasteiger partial charge in [0.1, 0.15) is 16.5 Å². The number of fused-ring (bicyclic) bond motifs is 1. The molecule has 1 unspecified atom stereocenters. The van der Waals surface area contributed by atoms with Gasteiger partial charge in [-0.25, -0.2) is 9.78 Å². The molecule has 0 saturated heterocycles. The number of carbonyl (C=O) groups excluding carboxylic acids is 1. The number of hydrogen-bond donors (Lipinski definition) is 0. The Labute approximate surface area is 108 Å². The largest absolute Gasteiger partial charge is 0.467 e. The van der Waals surface area contributed by atoms with Gasteiger partial charge in [-0.15, -0.1) is 0 Å². The molecule has 17 heavy (non-hydrogen) atoms. The molecule has 1 fully saturated rings. The zero-order chi connectivity index (χ0) is 12.0. The SMILES string of the molecule is COC(=O)C1CCCc2c(Br)nc(C3CC3)n21. The van der Waals surface area contributed by atoms with Crippen LogP contribution in [-0.2, 0) is 16.0 Å². The normalized spacial score (nSPS) is 23.3. The average Bonchev–Trinajstić information content (AvgIpc) is 3.14. The fourth-order valence-electron chi connectivity index (χ4n) is 2.61. The molecule has 92 valence electrons. The van der Waals surface area contributed by atoms with E-state index in [-0.39, 0.29) is 12.0 Å². The number of nitrogens with zero attached hydrogens (tertiary/aromatic N) is 2. The van der Waals surface area contributed by atoms with Crippen molar-refractivity contribution in [2.24, 2.45) is 0 Å². The van der Waals surface area contributed by atoms with Gasteiger partial charge in [0.25, 0.3) is 0 Å². The van der Waals surface area contributed by atoms with Crippen LogP contribution in [0.4, 0.5) is 0 Å². The van der Waals surface area contributed by atoms with E-state index in [1.165, 1.54) is 20.0 Å². The smallest absolute Gasteiger partial charge is 0.328 e. The van der Waals surface area contributed by atoms with Crippen LogP contribution in [0.1, 0.15) is 49.2 Å². The van der Waals surface area contributed by atoms with Crippen LogP contribution in [0.2, 0.25) is 0 Å². The topological polar surface area (TPSA) is 44.1 Å². The van der Waals surface area contributed by atoms with E-state index >= 15 is 0 Å². The molecule has 1 aliphatic carbocycles. The van der Waals surface area contributed by atoms with E-state index in [4.69, 9.17) is 4.74 Å². The molecule has 0 amide bonds. The predicted octanol–water partition coefficient (Wildman–Crippen LogP) is 2.57. The molecule has 1 aliphatic heterocycles. The van der Waals surface area contributed by atoms with Crippen molar-refractivity contribution in [3.63, 3.8) is 0 Å². The highest BCUT2D eigenvalue weighted by atomic mass is 79.9. The molecule has 0 N–H and O–H groups in total. The number of halogens is 1. The number of rotatable bonds is 2. The predicted molar refractivity (Wildman–Crippen MR) is 65.9 cm³/mol. The van der Waals surface area contributed by atoms with Gasteiger partial charge in [-0.3, -0.25) is 0 Å². The number of esters is 1. The Morgan fingerprint density at radius 3 is 2.88 bits per heavy atom. The van der Waals surface area contributed by atoms with Gasteiger partial charge in [-0.2, -0.15) is 0 Å². The Morgan fingerprint density at radius 2 is 2.24 bits per heavy atom. The van der Waals surface area contributed by atoms with Gasteiger partial charge in [-0.1, -0.05) is 0 Å². The lowest BCUT2D eigenvalue weighted by atomic mass is 10.0. The fourth-order valence-corrected chi connectivity index (χ4v) is 3.18. The number of imidazole rings is 1. The van der Waals surface area contributed by atoms with E-state index < -0.39 is 0 Å². The maximum atomic E-state index is 11.8. The van der Waals surface area contributed by atoms with E-state index in [1.54, 1.807) is 0 Å². The highest BCUT2D eigenvalue weighted by molar-refractivity contribution is 9.10. The number of carbonyl (C=O) groups is 1.